The van der Waals surface area contributed by atoms with E-state index in [-0.39, 0.29) is 0 Å². The van der Waals surface area contributed by atoms with Gasteiger partial charge in [-0.05, 0) is 61.9 Å². The Morgan fingerprint density at radius 2 is 1.23 bits per heavy atom. The third kappa shape index (κ3) is 5.05. The standard InChI is InChI=1S/C18H32O2Si2/c1-19-21(15-9-5-10-16-21)13-7-3-4-8-14-22(20-2)17-11-6-12-18-22/h3-6,9,11H,7-8,10,12-18H2,1-2H3/b4-3+. The SMILES string of the molecule is CO[Si]1(CC/C=C/CC[Si]2(OC)CC=CCC2)CC=CCC1. The van der Waals surface area contributed by atoms with Gasteiger partial charge in [-0.2, -0.15) is 0 Å². The van der Waals surface area contributed by atoms with Crippen LogP contribution in [-0.2, 0) is 8.85 Å². The van der Waals surface area contributed by atoms with Crippen molar-refractivity contribution in [1.82, 2.24) is 0 Å². The molecule has 2 atom stereocenters. The summed E-state index contributed by atoms with van der Waals surface area (Å²) in [5.41, 5.74) is 0. The van der Waals surface area contributed by atoms with Crippen molar-refractivity contribution < 1.29 is 8.85 Å². The molecule has 0 amide bonds. The van der Waals surface area contributed by atoms with E-state index in [9.17, 15) is 0 Å². The maximum absolute atomic E-state index is 5.95. The Bertz CT molecular complexity index is 381. The molecule has 0 aromatic heterocycles. The van der Waals surface area contributed by atoms with Gasteiger partial charge in [0.2, 0.25) is 0 Å². The second-order valence-corrected chi connectivity index (χ2v) is 15.1. The van der Waals surface area contributed by atoms with Gasteiger partial charge >= 0.3 is 0 Å². The summed E-state index contributed by atoms with van der Waals surface area (Å²) in [5, 5.41) is 0. The lowest BCUT2D eigenvalue weighted by Crippen LogP contribution is -2.37. The molecule has 2 aliphatic heterocycles. The highest BCUT2D eigenvalue weighted by atomic mass is 28.4. The summed E-state index contributed by atoms with van der Waals surface area (Å²) in [6, 6.07) is 7.59. The van der Waals surface area contributed by atoms with Crippen LogP contribution in [0.25, 0.3) is 0 Å². The zero-order valence-electron chi connectivity index (χ0n) is 14.4. The van der Waals surface area contributed by atoms with Crippen LogP contribution in [-0.4, -0.2) is 30.9 Å². The first-order valence-corrected chi connectivity index (χ1v) is 13.9. The molecule has 4 heteroatoms. The number of hydrogen-bond donors (Lipinski definition) is 0. The van der Waals surface area contributed by atoms with Gasteiger partial charge in [0.25, 0.3) is 0 Å². The molecule has 0 aliphatic carbocycles. The van der Waals surface area contributed by atoms with E-state index < -0.39 is 16.6 Å². The minimum Gasteiger partial charge on any atom is -0.420 e. The van der Waals surface area contributed by atoms with E-state index in [1.54, 1.807) is 0 Å². The van der Waals surface area contributed by atoms with Crippen LogP contribution in [0.15, 0.2) is 36.5 Å². The van der Waals surface area contributed by atoms with Crippen LogP contribution in [0, 0.1) is 0 Å². The number of rotatable bonds is 8. The van der Waals surface area contributed by atoms with Gasteiger partial charge < -0.3 is 8.85 Å². The zero-order chi connectivity index (χ0) is 15.7. The number of allylic oxidation sites excluding steroid dienone is 6. The van der Waals surface area contributed by atoms with Crippen LogP contribution in [0.2, 0.25) is 36.3 Å². The highest BCUT2D eigenvalue weighted by molar-refractivity contribution is 6.74. The molecule has 2 unspecified atom stereocenters. The quantitative estimate of drug-likeness (QED) is 0.435. The minimum absolute atomic E-state index is 1.19. The molecule has 2 heterocycles. The molecule has 0 saturated heterocycles. The lowest BCUT2D eigenvalue weighted by molar-refractivity contribution is 0.390. The normalized spacial score (nSPS) is 31.9. The average molecular weight is 337 g/mol. The Hall–Kier alpha value is -0.426. The molecule has 0 spiro atoms. The molecule has 22 heavy (non-hydrogen) atoms. The molecule has 0 aromatic rings. The van der Waals surface area contributed by atoms with Crippen LogP contribution in [0.4, 0.5) is 0 Å². The highest BCUT2D eigenvalue weighted by Crippen LogP contribution is 2.31. The maximum Gasteiger partial charge on any atom is 0.196 e. The predicted molar refractivity (Wildman–Crippen MR) is 100 cm³/mol. The van der Waals surface area contributed by atoms with Gasteiger partial charge in [-0.15, -0.1) is 0 Å². The van der Waals surface area contributed by atoms with Crippen LogP contribution >= 0.6 is 0 Å². The fourth-order valence-corrected chi connectivity index (χ4v) is 10.1. The van der Waals surface area contributed by atoms with Crippen molar-refractivity contribution >= 4 is 16.6 Å². The van der Waals surface area contributed by atoms with Crippen molar-refractivity contribution in [1.29, 1.82) is 0 Å². The van der Waals surface area contributed by atoms with Crippen LogP contribution in [0.3, 0.4) is 0 Å². The molecular weight excluding hydrogens is 304 g/mol. The van der Waals surface area contributed by atoms with Gasteiger partial charge in [0.15, 0.2) is 16.6 Å². The van der Waals surface area contributed by atoms with Gasteiger partial charge in [-0.1, -0.05) is 36.5 Å². The molecular formula is C18H32O2Si2. The van der Waals surface area contributed by atoms with Crippen LogP contribution in [0.5, 0.6) is 0 Å². The summed E-state index contributed by atoms with van der Waals surface area (Å²) >= 11 is 0. The Morgan fingerprint density at radius 1 is 0.773 bits per heavy atom. The maximum atomic E-state index is 5.95. The van der Waals surface area contributed by atoms with E-state index in [2.05, 4.69) is 36.5 Å². The summed E-state index contributed by atoms with van der Waals surface area (Å²) in [4.78, 5) is 0. The Morgan fingerprint density at radius 3 is 1.55 bits per heavy atom. The first-order chi connectivity index (χ1) is 10.7. The van der Waals surface area contributed by atoms with Crippen molar-refractivity contribution in [2.45, 2.75) is 61.9 Å². The third-order valence-corrected chi connectivity index (χ3v) is 13.9. The lowest BCUT2D eigenvalue weighted by Gasteiger charge is -2.30. The highest BCUT2D eigenvalue weighted by Gasteiger charge is 2.33. The molecule has 124 valence electrons. The van der Waals surface area contributed by atoms with Crippen LogP contribution < -0.4 is 0 Å². The second-order valence-electron chi connectivity index (χ2n) is 6.75. The summed E-state index contributed by atoms with van der Waals surface area (Å²) < 4.78 is 11.9. The van der Waals surface area contributed by atoms with E-state index in [4.69, 9.17) is 8.85 Å². The molecule has 0 radical (unpaired) electrons. The van der Waals surface area contributed by atoms with E-state index in [0.717, 1.165) is 0 Å². The van der Waals surface area contributed by atoms with Crippen molar-refractivity contribution in [2.24, 2.45) is 0 Å². The van der Waals surface area contributed by atoms with Crippen molar-refractivity contribution in [3.63, 3.8) is 0 Å². The van der Waals surface area contributed by atoms with E-state index in [0.29, 0.717) is 0 Å². The van der Waals surface area contributed by atoms with Crippen LogP contribution in [0.1, 0.15) is 25.7 Å². The van der Waals surface area contributed by atoms with Crippen molar-refractivity contribution in [3.05, 3.63) is 36.5 Å². The first kappa shape index (κ1) is 17.9. The predicted octanol–water partition coefficient (Wildman–Crippen LogP) is 5.43. The molecule has 0 N–H and O–H groups in total. The van der Waals surface area contributed by atoms with Crippen molar-refractivity contribution in [3.8, 4) is 0 Å². The average Bonchev–Trinajstić information content (AvgIpc) is 2.59. The Kier molecular flexibility index (Phi) is 7.34. The fraction of sp³-hybridized carbons (Fsp3) is 0.667. The number of hydrogen-bond acceptors (Lipinski definition) is 2. The Balaban J connectivity index is 1.69. The van der Waals surface area contributed by atoms with Gasteiger partial charge in [-0.3, -0.25) is 0 Å². The van der Waals surface area contributed by atoms with E-state index >= 15 is 0 Å². The minimum atomic E-state index is -1.43. The van der Waals surface area contributed by atoms with Gasteiger partial charge in [0.1, 0.15) is 0 Å². The molecule has 0 saturated carbocycles. The molecule has 0 aromatic carbocycles. The summed E-state index contributed by atoms with van der Waals surface area (Å²) in [7, 11) is 0.992. The Labute approximate surface area is 138 Å². The van der Waals surface area contributed by atoms with Gasteiger partial charge in [-0.25, -0.2) is 0 Å². The smallest absolute Gasteiger partial charge is 0.196 e. The monoisotopic (exact) mass is 336 g/mol. The molecule has 0 fully saturated rings. The first-order valence-electron chi connectivity index (χ1n) is 8.80. The van der Waals surface area contributed by atoms with E-state index in [1.165, 1.54) is 61.9 Å². The van der Waals surface area contributed by atoms with Gasteiger partial charge in [0, 0.05) is 14.2 Å². The van der Waals surface area contributed by atoms with Gasteiger partial charge in [0.05, 0.1) is 0 Å². The fourth-order valence-electron chi connectivity index (χ4n) is 3.69. The second kappa shape index (κ2) is 9.01. The molecule has 2 rings (SSSR count). The zero-order valence-corrected chi connectivity index (χ0v) is 16.4. The van der Waals surface area contributed by atoms with Crippen molar-refractivity contribution in [2.75, 3.05) is 14.2 Å². The summed E-state index contributed by atoms with van der Waals surface area (Å²) in [6.45, 7) is 0. The summed E-state index contributed by atoms with van der Waals surface area (Å²) in [6.07, 6.45) is 18.9. The molecule has 2 aliphatic rings. The summed E-state index contributed by atoms with van der Waals surface area (Å²) in [5.74, 6) is 0. The van der Waals surface area contributed by atoms with E-state index in [1.807, 2.05) is 14.2 Å². The lowest BCUT2D eigenvalue weighted by atomic mass is 10.3. The molecule has 2 nitrogen and oxygen atoms in total. The largest absolute Gasteiger partial charge is 0.420 e. The third-order valence-electron chi connectivity index (χ3n) is 5.41. The topological polar surface area (TPSA) is 18.5 Å². The molecule has 0 bridgehead atoms.